The Balaban J connectivity index is 3.05. The van der Waals surface area contributed by atoms with Crippen LogP contribution in [-0.2, 0) is 0 Å². The summed E-state index contributed by atoms with van der Waals surface area (Å²) in [5.74, 6) is 1.44. The van der Waals surface area contributed by atoms with E-state index in [4.69, 9.17) is 4.74 Å². The molecule has 0 aromatic heterocycles. The highest BCUT2D eigenvalue weighted by Crippen LogP contribution is 2.29. The van der Waals surface area contributed by atoms with E-state index >= 15 is 0 Å². The first-order valence-corrected chi connectivity index (χ1v) is 6.13. The van der Waals surface area contributed by atoms with Crippen molar-refractivity contribution in [2.75, 3.05) is 27.7 Å². The maximum atomic E-state index is 5.40. The zero-order valence-corrected chi connectivity index (χ0v) is 11.5. The zero-order valence-electron chi connectivity index (χ0n) is 11.5. The van der Waals surface area contributed by atoms with E-state index in [0.717, 1.165) is 12.3 Å². The molecule has 0 spiro atoms. The van der Waals surface area contributed by atoms with Crippen LogP contribution in [0.15, 0.2) is 18.2 Å². The largest absolute Gasteiger partial charge is 0.496 e. The van der Waals surface area contributed by atoms with Crippen molar-refractivity contribution < 1.29 is 4.74 Å². The van der Waals surface area contributed by atoms with E-state index < -0.39 is 0 Å². The molecule has 2 N–H and O–H groups in total. The minimum atomic E-state index is 0.336. The Hall–Kier alpha value is -1.06. The molecule has 1 atom stereocenters. The molecule has 96 valence electrons. The second-order valence-corrected chi connectivity index (χ2v) is 4.56. The molecule has 1 rings (SSSR count). The van der Waals surface area contributed by atoms with E-state index in [0.29, 0.717) is 12.0 Å². The first-order chi connectivity index (χ1) is 8.13. The monoisotopic (exact) mass is 236 g/mol. The van der Waals surface area contributed by atoms with Gasteiger partial charge in [-0.2, -0.15) is 0 Å². The van der Waals surface area contributed by atoms with Crippen LogP contribution >= 0.6 is 0 Å². The summed E-state index contributed by atoms with van der Waals surface area (Å²) in [5, 5.41) is 6.52. The fraction of sp³-hybridized carbons (Fsp3) is 0.571. The Bertz CT molecular complexity index is 350. The molecule has 0 saturated heterocycles. The summed E-state index contributed by atoms with van der Waals surface area (Å²) in [6.45, 7) is 5.29. The summed E-state index contributed by atoms with van der Waals surface area (Å²) in [4.78, 5) is 0. The van der Waals surface area contributed by atoms with Crippen LogP contribution in [0.25, 0.3) is 0 Å². The quantitative estimate of drug-likeness (QED) is 0.795. The smallest absolute Gasteiger partial charge is 0.122 e. The van der Waals surface area contributed by atoms with Gasteiger partial charge in [-0.05, 0) is 37.2 Å². The maximum Gasteiger partial charge on any atom is 0.122 e. The van der Waals surface area contributed by atoms with Gasteiger partial charge in [0.05, 0.1) is 7.11 Å². The molecule has 0 aliphatic carbocycles. The van der Waals surface area contributed by atoms with Crippen molar-refractivity contribution in [1.29, 1.82) is 0 Å². The Morgan fingerprint density at radius 2 is 1.94 bits per heavy atom. The summed E-state index contributed by atoms with van der Waals surface area (Å²) >= 11 is 0. The number of ether oxygens (including phenoxy) is 1. The van der Waals surface area contributed by atoms with Crippen molar-refractivity contribution in [3.63, 3.8) is 0 Å². The minimum absolute atomic E-state index is 0.336. The van der Waals surface area contributed by atoms with Crippen molar-refractivity contribution >= 4 is 0 Å². The highest BCUT2D eigenvalue weighted by Gasteiger charge is 2.13. The lowest BCUT2D eigenvalue weighted by Crippen LogP contribution is -2.27. The van der Waals surface area contributed by atoms with Gasteiger partial charge in [0.2, 0.25) is 0 Å². The van der Waals surface area contributed by atoms with Crippen LogP contribution in [0.5, 0.6) is 5.75 Å². The van der Waals surface area contributed by atoms with Crippen LogP contribution in [0.4, 0.5) is 0 Å². The number of hydrogen-bond donors (Lipinski definition) is 2. The molecule has 3 nitrogen and oxygen atoms in total. The lowest BCUT2D eigenvalue weighted by atomic mass is 9.96. The third-order valence-corrected chi connectivity index (χ3v) is 3.03. The van der Waals surface area contributed by atoms with Crippen molar-refractivity contribution in [2.24, 2.45) is 0 Å². The van der Waals surface area contributed by atoms with Crippen LogP contribution in [0.3, 0.4) is 0 Å². The highest BCUT2D eigenvalue weighted by molar-refractivity contribution is 5.40. The zero-order chi connectivity index (χ0) is 12.8. The Morgan fingerprint density at radius 1 is 1.24 bits per heavy atom. The van der Waals surface area contributed by atoms with Crippen LogP contribution < -0.4 is 15.4 Å². The molecule has 0 saturated carbocycles. The molecule has 1 aromatic rings. The topological polar surface area (TPSA) is 33.3 Å². The fourth-order valence-corrected chi connectivity index (χ4v) is 2.01. The fourth-order valence-electron chi connectivity index (χ4n) is 2.01. The first-order valence-electron chi connectivity index (χ1n) is 6.13. The van der Waals surface area contributed by atoms with Gasteiger partial charge in [-0.3, -0.25) is 0 Å². The lowest BCUT2D eigenvalue weighted by molar-refractivity contribution is 0.407. The van der Waals surface area contributed by atoms with E-state index in [1.165, 1.54) is 11.1 Å². The summed E-state index contributed by atoms with van der Waals surface area (Å²) in [6, 6.07) is 6.76. The number of rotatable bonds is 6. The van der Waals surface area contributed by atoms with Gasteiger partial charge in [0, 0.05) is 12.6 Å². The molecule has 0 amide bonds. The number of benzene rings is 1. The Labute approximate surface area is 105 Å². The Kier molecular flexibility index (Phi) is 5.45. The summed E-state index contributed by atoms with van der Waals surface area (Å²) in [6.07, 6.45) is 0. The molecular formula is C14H24N2O. The molecule has 0 bridgehead atoms. The SMILES string of the molecule is CNCC(NC)c1ccc(OC)c(C(C)C)c1. The van der Waals surface area contributed by atoms with Crippen LogP contribution in [0.2, 0.25) is 0 Å². The van der Waals surface area contributed by atoms with Gasteiger partial charge in [-0.15, -0.1) is 0 Å². The molecule has 0 fully saturated rings. The summed E-state index contributed by atoms with van der Waals surface area (Å²) in [7, 11) is 5.68. The lowest BCUT2D eigenvalue weighted by Gasteiger charge is -2.19. The standard InChI is InChI=1S/C14H24N2O/c1-10(2)12-8-11(6-7-14(12)17-5)13(16-4)9-15-3/h6-8,10,13,15-16H,9H2,1-5H3. The number of methoxy groups -OCH3 is 1. The molecule has 0 aliphatic rings. The van der Waals surface area contributed by atoms with E-state index in [1.54, 1.807) is 7.11 Å². The van der Waals surface area contributed by atoms with Gasteiger partial charge in [0.15, 0.2) is 0 Å². The van der Waals surface area contributed by atoms with E-state index in [-0.39, 0.29) is 0 Å². The number of likely N-dealkylation sites (N-methyl/N-ethyl adjacent to an activating group) is 2. The second-order valence-electron chi connectivity index (χ2n) is 4.56. The average Bonchev–Trinajstić information content (AvgIpc) is 2.35. The predicted molar refractivity (Wildman–Crippen MR) is 72.8 cm³/mol. The van der Waals surface area contributed by atoms with E-state index in [2.05, 4.69) is 42.7 Å². The molecule has 1 aromatic carbocycles. The van der Waals surface area contributed by atoms with Crippen molar-refractivity contribution in [3.05, 3.63) is 29.3 Å². The third kappa shape index (κ3) is 3.45. The van der Waals surface area contributed by atoms with Crippen LogP contribution in [0.1, 0.15) is 36.9 Å². The molecule has 0 aliphatic heterocycles. The van der Waals surface area contributed by atoms with Gasteiger partial charge in [0.1, 0.15) is 5.75 Å². The van der Waals surface area contributed by atoms with Gasteiger partial charge >= 0.3 is 0 Å². The first kappa shape index (κ1) is 14.0. The minimum Gasteiger partial charge on any atom is -0.496 e. The van der Waals surface area contributed by atoms with Gasteiger partial charge in [-0.1, -0.05) is 26.0 Å². The number of nitrogens with one attached hydrogen (secondary N) is 2. The summed E-state index contributed by atoms with van der Waals surface area (Å²) < 4.78 is 5.40. The van der Waals surface area contributed by atoms with Gasteiger partial charge in [-0.25, -0.2) is 0 Å². The van der Waals surface area contributed by atoms with Crippen molar-refractivity contribution in [2.45, 2.75) is 25.8 Å². The Morgan fingerprint density at radius 3 is 2.41 bits per heavy atom. The molecular weight excluding hydrogens is 212 g/mol. The number of hydrogen-bond acceptors (Lipinski definition) is 3. The third-order valence-electron chi connectivity index (χ3n) is 3.03. The maximum absolute atomic E-state index is 5.40. The predicted octanol–water partition coefficient (Wildman–Crippen LogP) is 2.30. The van der Waals surface area contributed by atoms with Crippen LogP contribution in [0, 0.1) is 0 Å². The molecule has 0 heterocycles. The van der Waals surface area contributed by atoms with Crippen molar-refractivity contribution in [3.8, 4) is 5.75 Å². The van der Waals surface area contributed by atoms with Crippen molar-refractivity contribution in [1.82, 2.24) is 10.6 Å². The average molecular weight is 236 g/mol. The molecule has 3 heteroatoms. The normalized spacial score (nSPS) is 12.8. The highest BCUT2D eigenvalue weighted by atomic mass is 16.5. The van der Waals surface area contributed by atoms with E-state index in [9.17, 15) is 0 Å². The van der Waals surface area contributed by atoms with Crippen LogP contribution in [-0.4, -0.2) is 27.7 Å². The van der Waals surface area contributed by atoms with Gasteiger partial charge < -0.3 is 15.4 Å². The second kappa shape index (κ2) is 6.62. The summed E-state index contributed by atoms with van der Waals surface area (Å²) in [5.41, 5.74) is 2.56. The molecule has 0 radical (unpaired) electrons. The molecule has 17 heavy (non-hydrogen) atoms. The van der Waals surface area contributed by atoms with Gasteiger partial charge in [0.25, 0.3) is 0 Å². The molecule has 1 unspecified atom stereocenters. The van der Waals surface area contributed by atoms with E-state index in [1.807, 2.05) is 14.1 Å².